The number of unbranched alkanes of at least 4 members (excludes halogenated alkanes) is 6. The highest BCUT2D eigenvalue weighted by Crippen LogP contribution is 2.24. The van der Waals surface area contributed by atoms with Crippen LogP contribution in [0.1, 0.15) is 104 Å². The summed E-state index contributed by atoms with van der Waals surface area (Å²) in [6.07, 6.45) is 24.2. The fourth-order valence-corrected chi connectivity index (χ4v) is 3.45. The fourth-order valence-electron chi connectivity index (χ4n) is 3.45. The van der Waals surface area contributed by atoms with Crippen LogP contribution in [-0.4, -0.2) is 12.6 Å². The molecular formula is C23H45N. The van der Waals surface area contributed by atoms with Gasteiger partial charge in [-0.15, -0.1) is 6.58 Å². The van der Waals surface area contributed by atoms with Crippen LogP contribution in [0.3, 0.4) is 0 Å². The highest BCUT2D eigenvalue weighted by atomic mass is 14.9. The van der Waals surface area contributed by atoms with Crippen LogP contribution in [0.25, 0.3) is 0 Å². The molecule has 0 bridgehead atoms. The van der Waals surface area contributed by atoms with E-state index in [1.165, 1.54) is 83.5 Å². The van der Waals surface area contributed by atoms with Crippen LogP contribution in [-0.2, 0) is 0 Å². The van der Waals surface area contributed by atoms with E-state index in [1.54, 1.807) is 0 Å². The lowest BCUT2D eigenvalue weighted by atomic mass is 9.86. The summed E-state index contributed by atoms with van der Waals surface area (Å²) < 4.78 is 0. The van der Waals surface area contributed by atoms with Crippen LogP contribution in [0.2, 0.25) is 0 Å². The number of allylic oxidation sites excluding steroid dienone is 2. The molecule has 0 aliphatic carbocycles. The van der Waals surface area contributed by atoms with Gasteiger partial charge in [-0.3, -0.25) is 0 Å². The molecule has 0 aromatic rings. The Balaban J connectivity index is 4.52. The summed E-state index contributed by atoms with van der Waals surface area (Å²) in [5.41, 5.74) is 0. The number of rotatable bonds is 18. The third-order valence-corrected chi connectivity index (χ3v) is 4.97. The lowest BCUT2D eigenvalue weighted by molar-refractivity contribution is 0.294. The molecular weight excluding hydrogens is 290 g/mol. The van der Waals surface area contributed by atoms with E-state index in [-0.39, 0.29) is 0 Å². The number of hydrogen-bond donors (Lipinski definition) is 1. The maximum absolute atomic E-state index is 3.90. The summed E-state index contributed by atoms with van der Waals surface area (Å²) >= 11 is 0. The maximum Gasteiger partial charge on any atom is 0.0134 e. The zero-order valence-electron chi connectivity index (χ0n) is 17.0. The second kappa shape index (κ2) is 18.8. The Kier molecular flexibility index (Phi) is 18.3. The first-order valence-corrected chi connectivity index (χ1v) is 10.8. The van der Waals surface area contributed by atoms with E-state index in [1.807, 2.05) is 6.08 Å². The summed E-state index contributed by atoms with van der Waals surface area (Å²) in [4.78, 5) is 0. The van der Waals surface area contributed by atoms with Crippen LogP contribution >= 0.6 is 0 Å². The van der Waals surface area contributed by atoms with Crippen molar-refractivity contribution in [1.82, 2.24) is 5.32 Å². The van der Waals surface area contributed by atoms with E-state index < -0.39 is 0 Å². The van der Waals surface area contributed by atoms with Crippen molar-refractivity contribution in [2.24, 2.45) is 5.92 Å². The van der Waals surface area contributed by atoms with Crippen LogP contribution in [0.5, 0.6) is 0 Å². The zero-order chi connectivity index (χ0) is 17.9. The first kappa shape index (κ1) is 23.4. The minimum absolute atomic E-state index is 0.677. The third kappa shape index (κ3) is 13.8. The predicted octanol–water partition coefficient (Wildman–Crippen LogP) is 7.43. The van der Waals surface area contributed by atoms with Crippen molar-refractivity contribution in [2.45, 2.75) is 110 Å². The molecule has 0 saturated carbocycles. The largest absolute Gasteiger partial charge is 0.310 e. The van der Waals surface area contributed by atoms with E-state index in [2.05, 4.69) is 44.8 Å². The Morgan fingerprint density at radius 1 is 0.750 bits per heavy atom. The normalized spacial score (nSPS) is 14.1. The fraction of sp³-hybridized carbons (Fsp3) is 0.826. The Labute approximate surface area is 153 Å². The number of nitrogens with one attached hydrogen (secondary N) is 1. The summed E-state index contributed by atoms with van der Waals surface area (Å²) in [6, 6.07) is 0.677. The summed E-state index contributed by atoms with van der Waals surface area (Å²) in [5.74, 6) is 0.824. The van der Waals surface area contributed by atoms with Crippen LogP contribution < -0.4 is 5.32 Å². The van der Waals surface area contributed by atoms with Gasteiger partial charge in [-0.1, -0.05) is 90.4 Å². The Morgan fingerprint density at radius 2 is 1.42 bits per heavy atom. The Morgan fingerprint density at radius 3 is 2.08 bits per heavy atom. The summed E-state index contributed by atoms with van der Waals surface area (Å²) in [7, 11) is 0. The molecule has 2 atom stereocenters. The maximum atomic E-state index is 3.90. The first-order chi connectivity index (χ1) is 11.8. The first-order valence-electron chi connectivity index (χ1n) is 10.8. The molecule has 0 amide bonds. The minimum Gasteiger partial charge on any atom is -0.310 e. The van der Waals surface area contributed by atoms with Crippen molar-refractivity contribution < 1.29 is 0 Å². The SMILES string of the molecule is C=CCNC(CCCCCC)C(CC/C=C\CCC)CCCCC. The zero-order valence-corrected chi connectivity index (χ0v) is 17.0. The molecule has 0 aliphatic rings. The molecule has 1 nitrogen and oxygen atoms in total. The van der Waals surface area contributed by atoms with Crippen LogP contribution in [0.4, 0.5) is 0 Å². The van der Waals surface area contributed by atoms with Crippen LogP contribution in [0, 0.1) is 5.92 Å². The molecule has 0 aromatic heterocycles. The molecule has 142 valence electrons. The van der Waals surface area contributed by atoms with Gasteiger partial charge in [0.05, 0.1) is 0 Å². The quantitative estimate of drug-likeness (QED) is 0.203. The van der Waals surface area contributed by atoms with E-state index in [0.29, 0.717) is 6.04 Å². The third-order valence-electron chi connectivity index (χ3n) is 4.97. The molecule has 0 fully saturated rings. The van der Waals surface area contributed by atoms with Gasteiger partial charge >= 0.3 is 0 Å². The minimum atomic E-state index is 0.677. The van der Waals surface area contributed by atoms with Gasteiger partial charge < -0.3 is 5.32 Å². The van der Waals surface area contributed by atoms with Gasteiger partial charge in [-0.05, 0) is 38.0 Å². The van der Waals surface area contributed by atoms with Crippen molar-refractivity contribution >= 4 is 0 Å². The molecule has 0 rings (SSSR count). The lowest BCUT2D eigenvalue weighted by Crippen LogP contribution is -2.36. The topological polar surface area (TPSA) is 12.0 Å². The Bertz CT molecular complexity index is 282. The molecule has 1 N–H and O–H groups in total. The molecule has 0 saturated heterocycles. The van der Waals surface area contributed by atoms with Gasteiger partial charge in [0.1, 0.15) is 0 Å². The summed E-state index contributed by atoms with van der Waals surface area (Å²) in [6.45, 7) is 11.7. The number of hydrogen-bond acceptors (Lipinski definition) is 1. The van der Waals surface area contributed by atoms with E-state index in [0.717, 1.165) is 12.5 Å². The molecule has 24 heavy (non-hydrogen) atoms. The molecule has 0 spiro atoms. The van der Waals surface area contributed by atoms with Gasteiger partial charge in [-0.2, -0.15) is 0 Å². The van der Waals surface area contributed by atoms with Gasteiger partial charge in [0.25, 0.3) is 0 Å². The smallest absolute Gasteiger partial charge is 0.0134 e. The molecule has 1 heteroatoms. The van der Waals surface area contributed by atoms with Gasteiger partial charge in [-0.25, -0.2) is 0 Å². The second-order valence-electron chi connectivity index (χ2n) is 7.25. The monoisotopic (exact) mass is 335 g/mol. The average Bonchev–Trinajstić information content (AvgIpc) is 2.60. The van der Waals surface area contributed by atoms with Gasteiger partial charge in [0.2, 0.25) is 0 Å². The molecule has 0 aromatic carbocycles. The lowest BCUT2D eigenvalue weighted by Gasteiger charge is -2.28. The van der Waals surface area contributed by atoms with Crippen molar-refractivity contribution in [3.63, 3.8) is 0 Å². The van der Waals surface area contributed by atoms with Gasteiger partial charge in [0, 0.05) is 12.6 Å². The predicted molar refractivity (Wildman–Crippen MR) is 112 cm³/mol. The molecule has 0 aliphatic heterocycles. The molecule has 0 radical (unpaired) electrons. The highest BCUT2D eigenvalue weighted by molar-refractivity contribution is 4.86. The van der Waals surface area contributed by atoms with Crippen molar-refractivity contribution in [3.8, 4) is 0 Å². The van der Waals surface area contributed by atoms with Crippen LogP contribution in [0.15, 0.2) is 24.8 Å². The highest BCUT2D eigenvalue weighted by Gasteiger charge is 2.19. The van der Waals surface area contributed by atoms with E-state index in [4.69, 9.17) is 0 Å². The molecule has 2 unspecified atom stereocenters. The van der Waals surface area contributed by atoms with E-state index >= 15 is 0 Å². The average molecular weight is 336 g/mol. The molecule has 0 heterocycles. The standard InChI is InChI=1S/C23H45N/c1-5-9-12-14-16-19-22(18-15-11-7-3)23(24-21-8-4)20-17-13-10-6-2/h8,12,14,22-24H,4-7,9-11,13,15-21H2,1-3H3/b14-12-. The van der Waals surface area contributed by atoms with Crippen molar-refractivity contribution in [1.29, 1.82) is 0 Å². The van der Waals surface area contributed by atoms with Crippen molar-refractivity contribution in [2.75, 3.05) is 6.54 Å². The van der Waals surface area contributed by atoms with E-state index in [9.17, 15) is 0 Å². The summed E-state index contributed by atoms with van der Waals surface area (Å²) in [5, 5.41) is 3.78. The second-order valence-corrected chi connectivity index (χ2v) is 7.25. The van der Waals surface area contributed by atoms with Crippen molar-refractivity contribution in [3.05, 3.63) is 24.8 Å². The Hall–Kier alpha value is -0.560. The van der Waals surface area contributed by atoms with Gasteiger partial charge in [0.15, 0.2) is 0 Å².